The van der Waals surface area contributed by atoms with Gasteiger partial charge in [0.2, 0.25) is 0 Å². The number of carbonyl (C=O) groups is 1. The Bertz CT molecular complexity index is 742. The summed E-state index contributed by atoms with van der Waals surface area (Å²) in [5.41, 5.74) is 1.62. The molecule has 6 nitrogen and oxygen atoms in total. The van der Waals surface area contributed by atoms with Crippen molar-refractivity contribution in [1.29, 1.82) is 0 Å². The van der Waals surface area contributed by atoms with Gasteiger partial charge in [0.1, 0.15) is 5.69 Å². The fraction of sp³-hybridized carbons (Fsp3) is 0.474. The Morgan fingerprint density at radius 3 is 2.56 bits per heavy atom. The molecular formula is C19H28Cl2N4O2. The van der Waals surface area contributed by atoms with E-state index >= 15 is 0 Å². The summed E-state index contributed by atoms with van der Waals surface area (Å²) in [4.78, 5) is 12.7. The molecule has 2 N–H and O–H groups in total. The standard InChI is InChI=1S/C19H27ClN4O2.ClH/c1-19(2,3)24-13-15(18(25)22-10-9-21-11-12-26-4)17(23-24)14-7-5-6-8-16(14)20;/h5-8,13,21H,9-12H2,1-4H3,(H,22,25);1H. The van der Waals surface area contributed by atoms with Crippen LogP contribution in [0, 0.1) is 0 Å². The van der Waals surface area contributed by atoms with E-state index in [-0.39, 0.29) is 23.9 Å². The van der Waals surface area contributed by atoms with Gasteiger partial charge in [0, 0.05) is 38.5 Å². The van der Waals surface area contributed by atoms with Crippen LogP contribution in [-0.4, -0.2) is 49.0 Å². The molecule has 1 amide bonds. The molecule has 0 aliphatic carbocycles. The first-order chi connectivity index (χ1) is 12.3. The highest BCUT2D eigenvalue weighted by molar-refractivity contribution is 6.33. The normalized spacial score (nSPS) is 11.1. The van der Waals surface area contributed by atoms with Crippen LogP contribution in [0.15, 0.2) is 30.5 Å². The van der Waals surface area contributed by atoms with Crippen LogP contribution in [0.5, 0.6) is 0 Å². The monoisotopic (exact) mass is 414 g/mol. The van der Waals surface area contributed by atoms with E-state index in [0.29, 0.717) is 36.0 Å². The van der Waals surface area contributed by atoms with Gasteiger partial charge in [-0.1, -0.05) is 29.8 Å². The third kappa shape index (κ3) is 6.50. The lowest BCUT2D eigenvalue weighted by atomic mass is 10.1. The van der Waals surface area contributed by atoms with Gasteiger partial charge >= 0.3 is 0 Å². The number of nitrogens with zero attached hydrogens (tertiary/aromatic N) is 2. The number of hydrogen-bond acceptors (Lipinski definition) is 4. The third-order valence-corrected chi connectivity index (χ3v) is 4.18. The molecule has 0 atom stereocenters. The first-order valence-electron chi connectivity index (χ1n) is 8.67. The molecule has 0 spiro atoms. The summed E-state index contributed by atoms with van der Waals surface area (Å²) in [7, 11) is 1.66. The molecule has 0 unspecified atom stereocenters. The first-order valence-corrected chi connectivity index (χ1v) is 9.05. The van der Waals surface area contributed by atoms with Crippen molar-refractivity contribution >= 4 is 29.9 Å². The van der Waals surface area contributed by atoms with Gasteiger partial charge in [-0.2, -0.15) is 5.10 Å². The number of hydrogen-bond donors (Lipinski definition) is 2. The Hall–Kier alpha value is -1.60. The number of amides is 1. The first kappa shape index (κ1) is 23.4. The van der Waals surface area contributed by atoms with E-state index < -0.39 is 0 Å². The van der Waals surface area contributed by atoms with E-state index in [4.69, 9.17) is 16.3 Å². The van der Waals surface area contributed by atoms with Crippen LogP contribution in [0.2, 0.25) is 5.02 Å². The van der Waals surface area contributed by atoms with Crippen molar-refractivity contribution in [1.82, 2.24) is 20.4 Å². The van der Waals surface area contributed by atoms with E-state index in [0.717, 1.165) is 12.1 Å². The van der Waals surface area contributed by atoms with Gasteiger partial charge in [0.05, 0.1) is 22.7 Å². The zero-order valence-corrected chi connectivity index (χ0v) is 17.8. The van der Waals surface area contributed by atoms with Gasteiger partial charge in [-0.25, -0.2) is 0 Å². The topological polar surface area (TPSA) is 68.2 Å². The predicted octanol–water partition coefficient (Wildman–Crippen LogP) is 3.35. The van der Waals surface area contributed by atoms with Gasteiger partial charge in [-0.3, -0.25) is 9.48 Å². The molecule has 8 heteroatoms. The van der Waals surface area contributed by atoms with Crippen LogP contribution >= 0.6 is 24.0 Å². The van der Waals surface area contributed by atoms with Crippen molar-refractivity contribution < 1.29 is 9.53 Å². The summed E-state index contributed by atoms with van der Waals surface area (Å²) in [5, 5.41) is 11.3. The average molecular weight is 415 g/mol. The number of methoxy groups -OCH3 is 1. The summed E-state index contributed by atoms with van der Waals surface area (Å²) >= 11 is 6.33. The lowest BCUT2D eigenvalue weighted by Crippen LogP contribution is -2.33. The maximum atomic E-state index is 12.7. The van der Waals surface area contributed by atoms with Crippen molar-refractivity contribution in [3.05, 3.63) is 41.0 Å². The van der Waals surface area contributed by atoms with E-state index in [1.165, 1.54) is 0 Å². The zero-order chi connectivity index (χ0) is 19.2. The van der Waals surface area contributed by atoms with Crippen molar-refractivity contribution in [2.45, 2.75) is 26.3 Å². The second-order valence-corrected chi connectivity index (χ2v) is 7.39. The van der Waals surface area contributed by atoms with Gasteiger partial charge in [0.15, 0.2) is 0 Å². The molecule has 0 aliphatic rings. The molecule has 150 valence electrons. The predicted molar refractivity (Wildman–Crippen MR) is 112 cm³/mol. The molecule has 1 aromatic carbocycles. The van der Waals surface area contributed by atoms with Crippen molar-refractivity contribution in [2.75, 3.05) is 33.4 Å². The SMILES string of the molecule is COCCNCCNC(=O)c1cn(C(C)(C)C)nc1-c1ccccc1Cl.Cl. The largest absolute Gasteiger partial charge is 0.383 e. The lowest BCUT2D eigenvalue weighted by molar-refractivity contribution is 0.0954. The fourth-order valence-electron chi connectivity index (χ4n) is 2.39. The second-order valence-electron chi connectivity index (χ2n) is 6.99. The maximum absolute atomic E-state index is 12.7. The molecule has 27 heavy (non-hydrogen) atoms. The average Bonchev–Trinajstić information content (AvgIpc) is 3.04. The highest BCUT2D eigenvalue weighted by atomic mass is 35.5. The number of ether oxygens (including phenoxy) is 1. The number of aromatic nitrogens is 2. The van der Waals surface area contributed by atoms with Gasteiger partial charge in [0.25, 0.3) is 5.91 Å². The minimum Gasteiger partial charge on any atom is -0.383 e. The summed E-state index contributed by atoms with van der Waals surface area (Å²) in [6.07, 6.45) is 1.78. The van der Waals surface area contributed by atoms with E-state index in [1.54, 1.807) is 24.1 Å². The molecule has 2 rings (SSSR count). The molecule has 0 aliphatic heterocycles. The summed E-state index contributed by atoms with van der Waals surface area (Å²) in [6.45, 7) is 8.70. The Kier molecular flexibility index (Phi) is 9.26. The molecule has 0 bridgehead atoms. The molecule has 0 fully saturated rings. The second kappa shape index (κ2) is 10.7. The number of rotatable bonds is 8. The van der Waals surface area contributed by atoms with Gasteiger partial charge in [-0.15, -0.1) is 12.4 Å². The summed E-state index contributed by atoms with van der Waals surface area (Å²) < 4.78 is 6.78. The minimum absolute atomic E-state index is 0. The molecule has 0 saturated heterocycles. The number of carbonyl (C=O) groups excluding carboxylic acids is 1. The van der Waals surface area contributed by atoms with E-state index in [2.05, 4.69) is 15.7 Å². The van der Waals surface area contributed by atoms with Gasteiger partial charge < -0.3 is 15.4 Å². The number of nitrogens with one attached hydrogen (secondary N) is 2. The van der Waals surface area contributed by atoms with Crippen LogP contribution in [-0.2, 0) is 10.3 Å². The highest BCUT2D eigenvalue weighted by Gasteiger charge is 2.23. The quantitative estimate of drug-likeness (QED) is 0.649. The Balaban J connectivity index is 0.00000364. The van der Waals surface area contributed by atoms with Gasteiger partial charge in [-0.05, 0) is 26.8 Å². The number of benzene rings is 1. The van der Waals surface area contributed by atoms with Crippen molar-refractivity contribution in [3.8, 4) is 11.3 Å². The van der Waals surface area contributed by atoms with Crippen LogP contribution in [0.25, 0.3) is 11.3 Å². The zero-order valence-electron chi connectivity index (χ0n) is 16.2. The molecule has 0 saturated carbocycles. The Labute approximate surface area is 172 Å². The smallest absolute Gasteiger partial charge is 0.255 e. The third-order valence-electron chi connectivity index (χ3n) is 3.85. The summed E-state index contributed by atoms with van der Waals surface area (Å²) in [5.74, 6) is -0.163. The summed E-state index contributed by atoms with van der Waals surface area (Å²) in [6, 6.07) is 7.42. The Morgan fingerprint density at radius 2 is 1.93 bits per heavy atom. The van der Waals surface area contributed by atoms with Crippen LogP contribution in [0.3, 0.4) is 0 Å². The van der Waals surface area contributed by atoms with Crippen molar-refractivity contribution in [3.63, 3.8) is 0 Å². The molecular weight excluding hydrogens is 387 g/mol. The van der Waals surface area contributed by atoms with E-state index in [9.17, 15) is 4.79 Å². The lowest BCUT2D eigenvalue weighted by Gasteiger charge is -2.18. The fourth-order valence-corrected chi connectivity index (χ4v) is 2.62. The Morgan fingerprint density at radius 1 is 1.22 bits per heavy atom. The molecule has 0 radical (unpaired) electrons. The highest BCUT2D eigenvalue weighted by Crippen LogP contribution is 2.30. The van der Waals surface area contributed by atoms with Crippen LogP contribution < -0.4 is 10.6 Å². The minimum atomic E-state index is -0.240. The van der Waals surface area contributed by atoms with Crippen LogP contribution in [0.4, 0.5) is 0 Å². The van der Waals surface area contributed by atoms with E-state index in [1.807, 2.05) is 39.0 Å². The van der Waals surface area contributed by atoms with Crippen molar-refractivity contribution in [2.24, 2.45) is 0 Å². The molecule has 1 aromatic heterocycles. The van der Waals surface area contributed by atoms with Crippen LogP contribution in [0.1, 0.15) is 31.1 Å². The molecule has 2 aromatic rings. The number of halogens is 2. The maximum Gasteiger partial charge on any atom is 0.255 e. The molecule has 1 heterocycles.